The van der Waals surface area contributed by atoms with Gasteiger partial charge in [-0.3, -0.25) is 4.79 Å². The molecule has 0 radical (unpaired) electrons. The quantitative estimate of drug-likeness (QED) is 0.909. The lowest BCUT2D eigenvalue weighted by molar-refractivity contribution is -0.116. The molecule has 2 aliphatic rings. The topological polar surface area (TPSA) is 75.7 Å². The van der Waals surface area contributed by atoms with Gasteiger partial charge in [-0.2, -0.15) is 0 Å². The van der Waals surface area contributed by atoms with E-state index in [9.17, 15) is 13.2 Å². The van der Waals surface area contributed by atoms with Gasteiger partial charge in [0.25, 0.3) is 0 Å². The van der Waals surface area contributed by atoms with Gasteiger partial charge in [0.15, 0.2) is 4.75 Å². The molecule has 1 aromatic rings. The van der Waals surface area contributed by atoms with Crippen LogP contribution in [0.4, 0.5) is 5.69 Å². The monoisotopic (exact) mass is 324 g/mol. The van der Waals surface area contributed by atoms with Crippen molar-refractivity contribution in [1.82, 2.24) is 4.31 Å². The predicted octanol–water partition coefficient (Wildman–Crippen LogP) is 1.45. The maximum Gasteiger partial charge on any atom is 0.247 e. The van der Waals surface area contributed by atoms with E-state index in [1.165, 1.54) is 11.4 Å². The number of carbonyl (C=O) groups excluding carboxylic acids is 1. The molecule has 2 unspecified atom stereocenters. The highest BCUT2D eigenvalue weighted by molar-refractivity contribution is 7.92. The number of nitrogens with one attached hydrogen (secondary N) is 1. The van der Waals surface area contributed by atoms with Crippen LogP contribution in [0.5, 0.6) is 5.75 Å². The zero-order valence-electron chi connectivity index (χ0n) is 12.9. The van der Waals surface area contributed by atoms with Gasteiger partial charge in [0.1, 0.15) is 5.75 Å². The average Bonchev–Trinajstić information content (AvgIpc) is 3.11. The van der Waals surface area contributed by atoms with Crippen molar-refractivity contribution in [3.63, 3.8) is 0 Å². The first-order valence-electron chi connectivity index (χ1n) is 7.31. The van der Waals surface area contributed by atoms with E-state index in [4.69, 9.17) is 4.74 Å². The second-order valence-corrected chi connectivity index (χ2v) is 8.52. The summed E-state index contributed by atoms with van der Waals surface area (Å²) in [6, 6.07) is 6.95. The lowest BCUT2D eigenvalue weighted by Gasteiger charge is -2.17. The summed E-state index contributed by atoms with van der Waals surface area (Å²) < 4.78 is 30.2. The van der Waals surface area contributed by atoms with Crippen LogP contribution in [0.25, 0.3) is 0 Å². The molecule has 1 aromatic carbocycles. The van der Waals surface area contributed by atoms with Crippen LogP contribution >= 0.6 is 0 Å². The van der Waals surface area contributed by atoms with Gasteiger partial charge in [0.2, 0.25) is 15.9 Å². The number of benzene rings is 1. The summed E-state index contributed by atoms with van der Waals surface area (Å²) in [5, 5.41) is 2.72. The number of ether oxygens (including phenoxy) is 1. The zero-order valence-corrected chi connectivity index (χ0v) is 13.7. The van der Waals surface area contributed by atoms with E-state index in [1.54, 1.807) is 24.3 Å². The Morgan fingerprint density at radius 1 is 1.36 bits per heavy atom. The third-order valence-corrected chi connectivity index (χ3v) is 6.84. The van der Waals surface area contributed by atoms with E-state index in [1.807, 2.05) is 13.8 Å². The molecule has 1 saturated heterocycles. The molecule has 2 atom stereocenters. The maximum absolute atomic E-state index is 12.5. The van der Waals surface area contributed by atoms with Gasteiger partial charge in [-0.1, -0.05) is 0 Å². The van der Waals surface area contributed by atoms with Crippen LogP contribution in [0.2, 0.25) is 0 Å². The van der Waals surface area contributed by atoms with Crippen LogP contribution in [-0.4, -0.2) is 43.1 Å². The third-order valence-electron chi connectivity index (χ3n) is 4.27. The predicted molar refractivity (Wildman–Crippen MR) is 83.2 cm³/mol. The maximum atomic E-state index is 12.5. The number of amides is 1. The molecule has 6 nitrogen and oxygen atoms in total. The lowest BCUT2D eigenvalue weighted by Crippen LogP contribution is -2.40. The first kappa shape index (κ1) is 15.3. The Bertz CT molecular complexity index is 699. The van der Waals surface area contributed by atoms with Crippen LogP contribution in [-0.2, 0) is 14.8 Å². The standard InChI is InChI=1S/C15H20N2O4S/c1-10(2)21-13-6-4-12(5-7-13)16-14(18)15-8-11(15)9-17(3)22(15,19)20/h4-7,10-11H,8-9H2,1-3H3,(H,16,18). The van der Waals surface area contributed by atoms with Crippen LogP contribution in [0.15, 0.2) is 24.3 Å². The fourth-order valence-corrected chi connectivity index (χ4v) is 5.17. The van der Waals surface area contributed by atoms with Crippen molar-refractivity contribution < 1.29 is 17.9 Å². The molecule has 1 saturated carbocycles. The molecule has 1 amide bonds. The SMILES string of the molecule is CC(C)Oc1ccc(NC(=O)C23CC2CN(C)S3(=O)=O)cc1. The van der Waals surface area contributed by atoms with Crippen LogP contribution in [0, 0.1) is 5.92 Å². The lowest BCUT2D eigenvalue weighted by atomic mass is 10.2. The highest BCUT2D eigenvalue weighted by Gasteiger charge is 2.74. The number of hydrogen-bond acceptors (Lipinski definition) is 4. The molecule has 120 valence electrons. The number of rotatable bonds is 4. The van der Waals surface area contributed by atoms with Gasteiger partial charge < -0.3 is 10.1 Å². The smallest absolute Gasteiger partial charge is 0.247 e. The first-order valence-corrected chi connectivity index (χ1v) is 8.75. The Balaban J connectivity index is 1.73. The van der Waals surface area contributed by atoms with Crippen molar-refractivity contribution >= 4 is 21.6 Å². The molecule has 1 aliphatic heterocycles. The summed E-state index contributed by atoms with van der Waals surface area (Å²) in [7, 11) is -2.02. The van der Waals surface area contributed by atoms with Crippen molar-refractivity contribution in [3.8, 4) is 5.75 Å². The van der Waals surface area contributed by atoms with Gasteiger partial charge in [0.05, 0.1) is 6.10 Å². The molecule has 1 heterocycles. The van der Waals surface area contributed by atoms with Crippen molar-refractivity contribution in [2.45, 2.75) is 31.1 Å². The molecule has 0 bridgehead atoms. The molecular weight excluding hydrogens is 304 g/mol. The minimum Gasteiger partial charge on any atom is -0.491 e. The largest absolute Gasteiger partial charge is 0.491 e. The van der Waals surface area contributed by atoms with Crippen molar-refractivity contribution in [2.24, 2.45) is 5.92 Å². The summed E-state index contributed by atoms with van der Waals surface area (Å²) in [4.78, 5) is 12.5. The van der Waals surface area contributed by atoms with E-state index in [2.05, 4.69) is 5.32 Å². The number of anilines is 1. The highest BCUT2D eigenvalue weighted by atomic mass is 32.2. The molecule has 0 spiro atoms. The van der Waals surface area contributed by atoms with E-state index >= 15 is 0 Å². The first-order chi connectivity index (χ1) is 10.3. The van der Waals surface area contributed by atoms with E-state index in [-0.39, 0.29) is 12.0 Å². The van der Waals surface area contributed by atoms with Gasteiger partial charge in [-0.25, -0.2) is 12.7 Å². The molecular formula is C15H20N2O4S. The number of fused-ring (bicyclic) bond motifs is 1. The number of sulfonamides is 1. The summed E-state index contributed by atoms with van der Waals surface area (Å²) in [5.41, 5.74) is 0.575. The zero-order chi connectivity index (χ0) is 16.1. The molecule has 2 fully saturated rings. The van der Waals surface area contributed by atoms with Crippen molar-refractivity contribution in [1.29, 1.82) is 0 Å². The summed E-state index contributed by atoms with van der Waals surface area (Å²) in [6.45, 7) is 4.30. The molecule has 0 aromatic heterocycles. The Labute approximate surface area is 130 Å². The molecule has 22 heavy (non-hydrogen) atoms. The third kappa shape index (κ3) is 2.19. The fourth-order valence-electron chi connectivity index (χ4n) is 3.04. The Kier molecular flexibility index (Phi) is 3.45. The minimum atomic E-state index is -3.54. The van der Waals surface area contributed by atoms with E-state index < -0.39 is 20.7 Å². The van der Waals surface area contributed by atoms with Crippen LogP contribution in [0.1, 0.15) is 20.3 Å². The molecule has 1 aliphatic carbocycles. The summed E-state index contributed by atoms with van der Waals surface area (Å²) in [5.74, 6) is 0.189. The molecule has 7 heteroatoms. The van der Waals surface area contributed by atoms with Gasteiger partial charge in [-0.15, -0.1) is 0 Å². The Morgan fingerprint density at radius 2 is 2.00 bits per heavy atom. The second kappa shape index (κ2) is 4.96. The van der Waals surface area contributed by atoms with Gasteiger partial charge in [-0.05, 0) is 44.5 Å². The van der Waals surface area contributed by atoms with E-state index in [0.717, 1.165) is 0 Å². The normalized spacial score (nSPS) is 29.2. The van der Waals surface area contributed by atoms with Crippen molar-refractivity contribution in [2.75, 3.05) is 18.9 Å². The number of nitrogens with zero attached hydrogens (tertiary/aromatic N) is 1. The van der Waals surface area contributed by atoms with Crippen molar-refractivity contribution in [3.05, 3.63) is 24.3 Å². The Morgan fingerprint density at radius 3 is 2.50 bits per heavy atom. The Hall–Kier alpha value is -1.60. The van der Waals surface area contributed by atoms with Crippen LogP contribution in [0.3, 0.4) is 0 Å². The average molecular weight is 324 g/mol. The van der Waals surface area contributed by atoms with Crippen LogP contribution < -0.4 is 10.1 Å². The fraction of sp³-hybridized carbons (Fsp3) is 0.533. The van der Waals surface area contributed by atoms with Gasteiger partial charge in [0, 0.05) is 25.2 Å². The number of carbonyl (C=O) groups is 1. The molecule has 1 N–H and O–H groups in total. The molecule has 3 rings (SSSR count). The highest BCUT2D eigenvalue weighted by Crippen LogP contribution is 2.57. The summed E-state index contributed by atoms with van der Waals surface area (Å²) in [6.07, 6.45) is 0.491. The number of hydrogen-bond donors (Lipinski definition) is 1. The second-order valence-electron chi connectivity index (χ2n) is 6.22. The van der Waals surface area contributed by atoms with E-state index in [0.29, 0.717) is 24.4 Å². The minimum absolute atomic E-state index is 0.0747. The summed E-state index contributed by atoms with van der Waals surface area (Å²) >= 11 is 0. The van der Waals surface area contributed by atoms with Gasteiger partial charge >= 0.3 is 0 Å².